The SMILES string of the molecule is CC1(S(=O)(=O)n2ccc3cc(Oc4ccc(F)c(C#N)c4)ccc32)CC=C(C(F)F)C=C1F. The number of nitriles is 1. The molecule has 0 aliphatic heterocycles. The largest absolute Gasteiger partial charge is 0.457 e. The number of aromatic nitrogens is 1. The molecular formula is C23H16F4N2O3S. The fourth-order valence-electron chi connectivity index (χ4n) is 3.52. The van der Waals surface area contributed by atoms with Crippen LogP contribution in [0.1, 0.15) is 18.9 Å². The van der Waals surface area contributed by atoms with E-state index >= 15 is 0 Å². The second-order valence-electron chi connectivity index (χ2n) is 7.62. The molecule has 33 heavy (non-hydrogen) atoms. The Kier molecular flexibility index (Phi) is 5.54. The minimum absolute atomic E-state index is 0.189. The van der Waals surface area contributed by atoms with Crippen molar-refractivity contribution in [2.75, 3.05) is 0 Å². The van der Waals surface area contributed by atoms with Gasteiger partial charge in [-0.25, -0.2) is 30.0 Å². The minimum Gasteiger partial charge on any atom is -0.457 e. The van der Waals surface area contributed by atoms with Crippen LogP contribution in [0.25, 0.3) is 10.9 Å². The number of rotatable bonds is 5. The highest BCUT2D eigenvalue weighted by Crippen LogP contribution is 2.40. The Bertz CT molecular complexity index is 1470. The first-order valence-corrected chi connectivity index (χ1v) is 11.1. The van der Waals surface area contributed by atoms with E-state index in [1.54, 1.807) is 6.07 Å². The van der Waals surface area contributed by atoms with Crippen LogP contribution in [0, 0.1) is 17.1 Å². The zero-order valence-corrected chi connectivity index (χ0v) is 17.9. The molecule has 3 aromatic rings. The van der Waals surface area contributed by atoms with Crippen molar-refractivity contribution >= 4 is 20.9 Å². The van der Waals surface area contributed by atoms with Crippen LogP contribution in [-0.2, 0) is 10.0 Å². The van der Waals surface area contributed by atoms with Gasteiger partial charge in [-0.1, -0.05) is 6.08 Å². The smallest absolute Gasteiger partial charge is 0.263 e. The lowest BCUT2D eigenvalue weighted by Gasteiger charge is -2.30. The molecule has 0 saturated carbocycles. The maximum absolute atomic E-state index is 14.8. The quantitative estimate of drug-likeness (QED) is 0.435. The van der Waals surface area contributed by atoms with E-state index in [9.17, 15) is 26.0 Å². The molecule has 1 unspecified atom stereocenters. The van der Waals surface area contributed by atoms with Gasteiger partial charge in [-0.05, 0) is 55.8 Å². The van der Waals surface area contributed by atoms with Gasteiger partial charge in [-0.2, -0.15) is 5.26 Å². The molecule has 1 atom stereocenters. The van der Waals surface area contributed by atoms with E-state index in [0.29, 0.717) is 17.2 Å². The summed E-state index contributed by atoms with van der Waals surface area (Å²) in [5, 5.41) is 9.39. The lowest BCUT2D eigenvalue weighted by atomic mass is 9.96. The summed E-state index contributed by atoms with van der Waals surface area (Å²) in [5.74, 6) is -1.34. The lowest BCUT2D eigenvalue weighted by molar-refractivity contribution is 0.192. The first-order valence-electron chi connectivity index (χ1n) is 9.66. The van der Waals surface area contributed by atoms with E-state index in [1.165, 1.54) is 42.6 Å². The third kappa shape index (κ3) is 3.78. The summed E-state index contributed by atoms with van der Waals surface area (Å²) in [7, 11) is -4.36. The normalized spacial score (nSPS) is 18.7. The van der Waals surface area contributed by atoms with Crippen molar-refractivity contribution in [1.29, 1.82) is 5.26 Å². The summed E-state index contributed by atoms with van der Waals surface area (Å²) in [5.41, 5.74) is -0.512. The van der Waals surface area contributed by atoms with E-state index in [-0.39, 0.29) is 16.8 Å². The van der Waals surface area contributed by atoms with Gasteiger partial charge in [-0.3, -0.25) is 0 Å². The number of hydrogen-bond donors (Lipinski definition) is 0. The molecule has 4 rings (SSSR count). The first kappa shape index (κ1) is 22.6. The number of alkyl halides is 2. The molecule has 0 saturated heterocycles. The molecule has 0 amide bonds. The molecule has 1 heterocycles. The Labute approximate surface area is 186 Å². The Morgan fingerprint density at radius 2 is 1.82 bits per heavy atom. The summed E-state index contributed by atoms with van der Waals surface area (Å²) in [6, 6.07) is 11.3. The van der Waals surface area contributed by atoms with Gasteiger partial charge in [0.25, 0.3) is 16.4 Å². The van der Waals surface area contributed by atoms with Gasteiger partial charge >= 0.3 is 0 Å². The van der Waals surface area contributed by atoms with E-state index in [0.717, 1.165) is 23.0 Å². The molecule has 5 nitrogen and oxygen atoms in total. The van der Waals surface area contributed by atoms with Gasteiger partial charge in [-0.15, -0.1) is 0 Å². The highest BCUT2D eigenvalue weighted by molar-refractivity contribution is 7.91. The van der Waals surface area contributed by atoms with Gasteiger partial charge in [0, 0.05) is 23.2 Å². The molecule has 1 aromatic heterocycles. The van der Waals surface area contributed by atoms with Crippen molar-refractivity contribution in [3.05, 3.63) is 83.6 Å². The van der Waals surface area contributed by atoms with Crippen molar-refractivity contribution < 1.29 is 30.7 Å². The molecular weight excluding hydrogens is 460 g/mol. The van der Waals surface area contributed by atoms with E-state index in [1.807, 2.05) is 0 Å². The number of halogens is 4. The van der Waals surface area contributed by atoms with Crippen molar-refractivity contribution in [3.63, 3.8) is 0 Å². The second-order valence-corrected chi connectivity index (χ2v) is 9.87. The Hall–Kier alpha value is -3.58. The average molecular weight is 476 g/mol. The molecule has 1 aliphatic carbocycles. The molecule has 0 fully saturated rings. The monoisotopic (exact) mass is 476 g/mol. The summed E-state index contributed by atoms with van der Waals surface area (Å²) >= 11 is 0. The Balaban J connectivity index is 1.68. The van der Waals surface area contributed by atoms with Crippen molar-refractivity contribution in [2.24, 2.45) is 0 Å². The standard InChI is InChI=1S/C23H16F4N2O3S/c1-23(8-6-15(22(26)27)12-21(23)25)33(30,31)29-9-7-14-10-18(3-5-20(14)29)32-17-2-4-19(24)16(11-17)13-28/h2-7,9-12,22H,8H2,1H3. The van der Waals surface area contributed by atoms with Crippen LogP contribution in [0.3, 0.4) is 0 Å². The highest BCUT2D eigenvalue weighted by atomic mass is 32.2. The van der Waals surface area contributed by atoms with Gasteiger partial charge in [0.1, 0.15) is 34.0 Å². The first-order chi connectivity index (χ1) is 15.6. The molecule has 10 heteroatoms. The maximum atomic E-state index is 14.8. The van der Waals surface area contributed by atoms with Crippen LogP contribution in [0.4, 0.5) is 17.6 Å². The Morgan fingerprint density at radius 1 is 1.12 bits per heavy atom. The molecule has 2 aromatic carbocycles. The predicted octanol–water partition coefficient (Wildman–Crippen LogP) is 5.83. The van der Waals surface area contributed by atoms with E-state index in [4.69, 9.17) is 10.00 Å². The molecule has 1 aliphatic rings. The number of ether oxygens (including phenoxy) is 1. The number of nitrogens with zero attached hydrogens (tertiary/aromatic N) is 2. The average Bonchev–Trinajstić information content (AvgIpc) is 3.20. The zero-order chi connectivity index (χ0) is 24.0. The van der Waals surface area contributed by atoms with Gasteiger partial charge < -0.3 is 4.74 Å². The van der Waals surface area contributed by atoms with Crippen LogP contribution in [0.15, 0.2) is 72.2 Å². The molecule has 0 radical (unpaired) electrons. The zero-order valence-electron chi connectivity index (χ0n) is 17.1. The molecule has 0 N–H and O–H groups in total. The molecule has 170 valence electrons. The summed E-state index contributed by atoms with van der Waals surface area (Å²) in [6.45, 7) is 1.15. The summed E-state index contributed by atoms with van der Waals surface area (Å²) in [4.78, 5) is 0. The van der Waals surface area contributed by atoms with Crippen molar-refractivity contribution in [3.8, 4) is 17.6 Å². The van der Waals surface area contributed by atoms with Crippen LogP contribution in [0.2, 0.25) is 0 Å². The topological polar surface area (TPSA) is 72.1 Å². The predicted molar refractivity (Wildman–Crippen MR) is 114 cm³/mol. The summed E-state index contributed by atoms with van der Waals surface area (Å²) in [6.07, 6.45) is -0.494. The highest BCUT2D eigenvalue weighted by Gasteiger charge is 2.46. The maximum Gasteiger partial charge on any atom is 0.263 e. The van der Waals surface area contributed by atoms with Gasteiger partial charge in [0.2, 0.25) is 0 Å². The van der Waals surface area contributed by atoms with E-state index < -0.39 is 44.8 Å². The van der Waals surface area contributed by atoms with Crippen LogP contribution in [0.5, 0.6) is 11.5 Å². The number of allylic oxidation sites excluding steroid dienone is 3. The number of benzene rings is 2. The lowest BCUT2D eigenvalue weighted by Crippen LogP contribution is -2.41. The Morgan fingerprint density at radius 3 is 2.48 bits per heavy atom. The molecule has 0 spiro atoms. The van der Waals surface area contributed by atoms with E-state index in [2.05, 4.69) is 0 Å². The number of hydrogen-bond acceptors (Lipinski definition) is 4. The van der Waals surface area contributed by atoms with Crippen molar-refractivity contribution in [2.45, 2.75) is 24.5 Å². The van der Waals surface area contributed by atoms with Crippen LogP contribution >= 0.6 is 0 Å². The van der Waals surface area contributed by atoms with Gasteiger partial charge in [0.15, 0.2) is 0 Å². The second kappa shape index (κ2) is 8.08. The molecule has 0 bridgehead atoms. The fraction of sp³-hybridized carbons (Fsp3) is 0.174. The van der Waals surface area contributed by atoms with Gasteiger partial charge in [0.05, 0.1) is 11.1 Å². The fourth-order valence-corrected chi connectivity index (χ4v) is 5.20. The van der Waals surface area contributed by atoms with Crippen molar-refractivity contribution in [1.82, 2.24) is 3.97 Å². The minimum atomic E-state index is -4.36. The third-order valence-corrected chi connectivity index (χ3v) is 7.86. The third-order valence-electron chi connectivity index (χ3n) is 5.53. The summed E-state index contributed by atoms with van der Waals surface area (Å²) < 4.78 is 85.2. The van der Waals surface area contributed by atoms with Crippen LogP contribution in [-0.4, -0.2) is 23.6 Å². The number of fused-ring (bicyclic) bond motifs is 1. The van der Waals surface area contributed by atoms with Crippen LogP contribution < -0.4 is 4.74 Å².